The predicted molar refractivity (Wildman–Crippen MR) is 228 cm³/mol. The maximum atomic E-state index is 14.4. The molecule has 318 valence electrons. The summed E-state index contributed by atoms with van der Waals surface area (Å²) in [5, 5.41) is 20.1. The molecule has 0 spiro atoms. The topological polar surface area (TPSA) is 115 Å². The van der Waals surface area contributed by atoms with E-state index in [0.29, 0.717) is 41.4 Å². The van der Waals surface area contributed by atoms with Gasteiger partial charge in [0.2, 0.25) is 0 Å². The summed E-state index contributed by atoms with van der Waals surface area (Å²) in [5.41, 5.74) is 2.02. The van der Waals surface area contributed by atoms with Crippen LogP contribution in [0.15, 0.2) is 35.4 Å². The van der Waals surface area contributed by atoms with E-state index in [9.17, 15) is 19.5 Å². The van der Waals surface area contributed by atoms with Crippen LogP contribution in [0.3, 0.4) is 0 Å². The van der Waals surface area contributed by atoms with Crippen molar-refractivity contribution in [2.75, 3.05) is 20.6 Å². The second-order valence-electron chi connectivity index (χ2n) is 21.8. The number of ether oxygens (including phenoxy) is 1. The lowest BCUT2D eigenvalue weighted by Gasteiger charge is -2.72. The fourth-order valence-electron chi connectivity index (χ4n) is 13.9. The Kier molecular flexibility index (Phi) is 11.0. The summed E-state index contributed by atoms with van der Waals surface area (Å²) in [4.78, 5) is 41.6. The number of likely N-dealkylation sites (N-methyl/N-ethyl adjacent to an activating group) is 1. The number of benzene rings is 1. The Balaban J connectivity index is 1.21. The summed E-state index contributed by atoms with van der Waals surface area (Å²) < 4.78 is 8.51. The fraction of sp³-hybridized carbons (Fsp3) is 0.729. The van der Waals surface area contributed by atoms with Gasteiger partial charge >= 0.3 is 11.9 Å². The molecule has 1 N–H and O–H groups in total. The minimum absolute atomic E-state index is 0.0242. The Labute approximate surface area is 352 Å². The standard InChI is InChI=1S/C48H69ClN4O5/c1-29(2)39-33(54)26-48(27-37-50-51-41(53(37)25-24-52(10)11)30-12-14-31(49)15-13-30)23-22-46(8)32(40(39)48)16-17-35-45(7)20-19-36(58-38(55)28-43(3,4)42(56)57)44(5,6)34(45)18-21-47(35,46)9/h12-15,29,32,34-36H,16-28H2,1-11H3,(H,56,57)/t32-,34+,35-,36+,45+,46-,47-,48+/m1/s1. The third kappa shape index (κ3) is 6.80. The number of allylic oxidation sites excluding steroid dienone is 2. The molecule has 1 heterocycles. The molecule has 1 aromatic carbocycles. The molecule has 1 aromatic heterocycles. The van der Waals surface area contributed by atoms with Crippen molar-refractivity contribution >= 4 is 29.3 Å². The van der Waals surface area contributed by atoms with Gasteiger partial charge in [0.25, 0.3) is 0 Å². The van der Waals surface area contributed by atoms with Crippen LogP contribution in [0, 0.1) is 56.2 Å². The maximum Gasteiger partial charge on any atom is 0.309 e. The summed E-state index contributed by atoms with van der Waals surface area (Å²) in [6, 6.07) is 7.86. The molecule has 4 fully saturated rings. The normalized spacial score (nSPS) is 34.4. The summed E-state index contributed by atoms with van der Waals surface area (Å²) in [6.07, 6.45) is 9.08. The number of carbonyl (C=O) groups is 3. The van der Waals surface area contributed by atoms with Gasteiger partial charge in [0, 0.05) is 47.3 Å². The van der Waals surface area contributed by atoms with E-state index in [-0.39, 0.29) is 45.5 Å². The third-order valence-corrected chi connectivity index (χ3v) is 17.4. The van der Waals surface area contributed by atoms with Crippen molar-refractivity contribution in [1.29, 1.82) is 0 Å². The van der Waals surface area contributed by atoms with Crippen LogP contribution in [0.2, 0.25) is 5.02 Å². The Bertz CT molecular complexity index is 1980. The van der Waals surface area contributed by atoms with Gasteiger partial charge in [-0.15, -0.1) is 10.2 Å². The highest BCUT2D eigenvalue weighted by Crippen LogP contribution is 2.77. The lowest BCUT2D eigenvalue weighted by atomic mass is 9.33. The van der Waals surface area contributed by atoms with Gasteiger partial charge in [-0.1, -0.05) is 65.6 Å². The highest BCUT2D eigenvalue weighted by atomic mass is 35.5. The van der Waals surface area contributed by atoms with Gasteiger partial charge < -0.3 is 19.3 Å². The molecular formula is C48H69ClN4O5. The zero-order valence-electron chi connectivity index (χ0n) is 37.1. The second kappa shape index (κ2) is 14.8. The zero-order chi connectivity index (χ0) is 42.4. The molecule has 0 aliphatic heterocycles. The van der Waals surface area contributed by atoms with Gasteiger partial charge in [-0.05, 0) is 149 Å². The van der Waals surface area contributed by atoms with Crippen LogP contribution in [0.5, 0.6) is 0 Å². The van der Waals surface area contributed by atoms with Crippen LogP contribution < -0.4 is 0 Å². The van der Waals surface area contributed by atoms with Crippen LogP contribution in [-0.2, 0) is 32.1 Å². The number of halogens is 1. The van der Waals surface area contributed by atoms with Crippen LogP contribution in [0.1, 0.15) is 132 Å². The molecule has 0 amide bonds. The molecule has 0 radical (unpaired) electrons. The lowest BCUT2D eigenvalue weighted by molar-refractivity contribution is -0.233. The van der Waals surface area contributed by atoms with Crippen molar-refractivity contribution in [1.82, 2.24) is 19.7 Å². The van der Waals surface area contributed by atoms with Crippen LogP contribution in [0.25, 0.3) is 11.4 Å². The maximum absolute atomic E-state index is 14.4. The average molecular weight is 818 g/mol. The first kappa shape index (κ1) is 43.1. The van der Waals surface area contributed by atoms with Crippen LogP contribution in [-0.4, -0.2) is 69.2 Å². The summed E-state index contributed by atoms with van der Waals surface area (Å²) in [6.45, 7) is 21.5. The first-order valence-corrected chi connectivity index (χ1v) is 22.4. The third-order valence-electron chi connectivity index (χ3n) is 17.2. The van der Waals surface area contributed by atoms with Crippen molar-refractivity contribution in [2.45, 2.75) is 146 Å². The minimum atomic E-state index is -1.17. The molecule has 0 unspecified atom stereocenters. The van der Waals surface area contributed by atoms with Gasteiger partial charge in [0.15, 0.2) is 11.6 Å². The summed E-state index contributed by atoms with van der Waals surface area (Å²) >= 11 is 6.29. The average Bonchev–Trinajstić information content (AvgIpc) is 3.66. The smallest absolute Gasteiger partial charge is 0.309 e. The number of esters is 1. The van der Waals surface area contributed by atoms with E-state index < -0.39 is 17.4 Å². The van der Waals surface area contributed by atoms with E-state index in [0.717, 1.165) is 87.2 Å². The molecular weight excluding hydrogens is 748 g/mol. The molecule has 0 bridgehead atoms. The highest BCUT2D eigenvalue weighted by Gasteiger charge is 2.70. The number of carboxylic acids is 1. The van der Waals surface area contributed by atoms with E-state index in [1.54, 1.807) is 13.8 Å². The molecule has 58 heavy (non-hydrogen) atoms. The Morgan fingerprint density at radius 2 is 1.64 bits per heavy atom. The quantitative estimate of drug-likeness (QED) is 0.223. The molecule has 5 aliphatic rings. The molecule has 10 heteroatoms. The van der Waals surface area contributed by atoms with Crippen LogP contribution in [0.4, 0.5) is 0 Å². The number of hydrogen-bond acceptors (Lipinski definition) is 7. The van der Waals surface area contributed by atoms with E-state index in [1.165, 1.54) is 5.57 Å². The minimum Gasteiger partial charge on any atom is -0.481 e. The number of carboxylic acid groups (broad SMARTS) is 1. The lowest BCUT2D eigenvalue weighted by Crippen LogP contribution is -2.65. The number of carbonyl (C=O) groups excluding carboxylic acids is 2. The number of fused-ring (bicyclic) bond motifs is 7. The molecule has 9 nitrogen and oxygen atoms in total. The number of hydrogen-bond donors (Lipinski definition) is 1. The molecule has 8 atom stereocenters. The van der Waals surface area contributed by atoms with Crippen LogP contribution >= 0.6 is 11.6 Å². The number of Topliss-reactive ketones (excluding diaryl/α,β-unsaturated/α-hetero) is 1. The van der Waals surface area contributed by atoms with E-state index in [1.807, 2.05) is 24.3 Å². The van der Waals surface area contributed by atoms with E-state index >= 15 is 0 Å². The Morgan fingerprint density at radius 1 is 0.948 bits per heavy atom. The number of aliphatic carboxylic acids is 1. The van der Waals surface area contributed by atoms with Crippen molar-refractivity contribution in [2.24, 2.45) is 56.2 Å². The first-order valence-electron chi connectivity index (χ1n) is 22.0. The summed E-state index contributed by atoms with van der Waals surface area (Å²) in [5.74, 6) is 2.10. The van der Waals surface area contributed by atoms with E-state index in [2.05, 4.69) is 72.0 Å². The van der Waals surface area contributed by atoms with Crippen molar-refractivity contribution < 1.29 is 24.2 Å². The molecule has 7 rings (SSSR count). The number of rotatable bonds is 11. The summed E-state index contributed by atoms with van der Waals surface area (Å²) in [7, 11) is 4.19. The second-order valence-corrected chi connectivity index (χ2v) is 22.2. The number of aromatic nitrogens is 3. The van der Waals surface area contributed by atoms with Gasteiger partial charge in [-0.3, -0.25) is 14.4 Å². The molecule has 5 aliphatic carbocycles. The van der Waals surface area contributed by atoms with E-state index in [4.69, 9.17) is 26.5 Å². The Morgan fingerprint density at radius 3 is 2.28 bits per heavy atom. The van der Waals surface area contributed by atoms with Gasteiger partial charge in [0.05, 0.1) is 11.8 Å². The monoisotopic (exact) mass is 816 g/mol. The first-order chi connectivity index (χ1) is 27.0. The zero-order valence-corrected chi connectivity index (χ0v) is 37.9. The number of ketones is 1. The molecule has 0 saturated heterocycles. The Hall–Kier alpha value is -3.04. The largest absolute Gasteiger partial charge is 0.481 e. The van der Waals surface area contributed by atoms with Crippen molar-refractivity contribution in [3.63, 3.8) is 0 Å². The van der Waals surface area contributed by atoms with Gasteiger partial charge in [-0.25, -0.2) is 0 Å². The fourth-order valence-corrected chi connectivity index (χ4v) is 14.0. The number of nitrogens with zero attached hydrogens (tertiary/aromatic N) is 4. The SMILES string of the molecule is CC(C)C1=C2[C@H]3CC[C@@H]4[C@@]5(C)CC[C@H](OC(=O)CC(C)(C)C(=O)O)C(C)(C)[C@@H]5CC[C@@]4(C)[C@]3(C)CC[C@@]2(Cc2nnc(-c3ccc(Cl)cc3)n2CCN(C)C)CC1=O. The van der Waals surface area contributed by atoms with Crippen molar-refractivity contribution in [3.8, 4) is 11.4 Å². The molecule has 2 aromatic rings. The van der Waals surface area contributed by atoms with Gasteiger partial charge in [-0.2, -0.15) is 0 Å². The van der Waals surface area contributed by atoms with Gasteiger partial charge in [0.1, 0.15) is 11.9 Å². The van der Waals surface area contributed by atoms with Crippen molar-refractivity contribution in [3.05, 3.63) is 46.3 Å². The predicted octanol–water partition coefficient (Wildman–Crippen LogP) is 10.1. The highest BCUT2D eigenvalue weighted by molar-refractivity contribution is 6.30. The molecule has 4 saturated carbocycles.